The second-order valence-electron chi connectivity index (χ2n) is 6.12. The molecule has 4 nitrogen and oxygen atoms in total. The number of unbranched alkanes of at least 4 members (excludes halogenated alkanes) is 1. The predicted octanol–water partition coefficient (Wildman–Crippen LogP) is 1.88. The van der Waals surface area contributed by atoms with E-state index in [0.29, 0.717) is 6.04 Å². The molecule has 0 aromatic carbocycles. The quantitative estimate of drug-likeness (QED) is 0.707. The van der Waals surface area contributed by atoms with Gasteiger partial charge in [0.05, 0.1) is 5.54 Å². The Labute approximate surface area is 118 Å². The van der Waals surface area contributed by atoms with E-state index in [0.717, 1.165) is 32.4 Å². The molecule has 3 N–H and O–H groups in total. The molecule has 0 saturated heterocycles. The van der Waals surface area contributed by atoms with Crippen LogP contribution in [0.1, 0.15) is 59.8 Å². The largest absolute Gasteiger partial charge is 0.368 e. The molecule has 1 aliphatic carbocycles. The highest BCUT2D eigenvalue weighted by atomic mass is 16.1. The lowest BCUT2D eigenvalue weighted by molar-refractivity contribution is -0.124. The first kappa shape index (κ1) is 16.4. The van der Waals surface area contributed by atoms with E-state index in [9.17, 15) is 4.79 Å². The summed E-state index contributed by atoms with van der Waals surface area (Å²) in [5, 5.41) is 3.42. The van der Waals surface area contributed by atoms with Crippen LogP contribution in [0.2, 0.25) is 0 Å². The Balaban J connectivity index is 2.69. The van der Waals surface area contributed by atoms with Crippen LogP contribution in [0.3, 0.4) is 0 Å². The van der Waals surface area contributed by atoms with Gasteiger partial charge < -0.3 is 16.0 Å². The van der Waals surface area contributed by atoms with E-state index >= 15 is 0 Å². The summed E-state index contributed by atoms with van der Waals surface area (Å²) >= 11 is 0. The van der Waals surface area contributed by atoms with Crippen molar-refractivity contribution in [2.24, 2.45) is 5.73 Å². The molecular weight excluding hydrogens is 238 g/mol. The monoisotopic (exact) mass is 269 g/mol. The third-order valence-electron chi connectivity index (χ3n) is 4.25. The minimum absolute atomic E-state index is 0.185. The van der Waals surface area contributed by atoms with Crippen molar-refractivity contribution < 1.29 is 4.79 Å². The van der Waals surface area contributed by atoms with Gasteiger partial charge in [0.1, 0.15) is 0 Å². The highest BCUT2D eigenvalue weighted by Gasteiger charge is 2.45. The van der Waals surface area contributed by atoms with Crippen LogP contribution < -0.4 is 11.1 Å². The number of primary amides is 1. The van der Waals surface area contributed by atoms with E-state index in [2.05, 4.69) is 37.9 Å². The van der Waals surface area contributed by atoms with Gasteiger partial charge in [-0.3, -0.25) is 4.79 Å². The van der Waals surface area contributed by atoms with Crippen LogP contribution in [0.4, 0.5) is 0 Å². The van der Waals surface area contributed by atoms with Crippen LogP contribution in [-0.2, 0) is 4.79 Å². The lowest BCUT2D eigenvalue weighted by Gasteiger charge is -2.32. The summed E-state index contributed by atoms with van der Waals surface area (Å²) in [5.41, 5.74) is 5.18. The number of carbonyl (C=O) groups excluding carboxylic acids is 1. The van der Waals surface area contributed by atoms with E-state index < -0.39 is 5.54 Å². The Hall–Kier alpha value is -0.610. The molecule has 1 saturated carbocycles. The van der Waals surface area contributed by atoms with Gasteiger partial charge in [-0.15, -0.1) is 0 Å². The molecule has 0 heterocycles. The van der Waals surface area contributed by atoms with Crippen molar-refractivity contribution in [1.29, 1.82) is 0 Å². The number of nitrogens with two attached hydrogens (primary N) is 1. The molecule has 112 valence electrons. The molecule has 0 aromatic rings. The summed E-state index contributed by atoms with van der Waals surface area (Å²) in [7, 11) is 0. The minimum atomic E-state index is -0.488. The SMILES string of the molecule is CCCCN(CC)C1CCC(NC(C)C)(C(N)=O)C1. The standard InChI is InChI=1S/C15H31N3O/c1-5-7-10-18(6-2)13-8-9-15(11-13,14(16)19)17-12(3)4/h12-13,17H,5-11H2,1-4H3,(H2,16,19). The zero-order valence-corrected chi connectivity index (χ0v) is 13.0. The molecule has 0 aromatic heterocycles. The fraction of sp³-hybridized carbons (Fsp3) is 0.933. The lowest BCUT2D eigenvalue weighted by Crippen LogP contribution is -2.56. The summed E-state index contributed by atoms with van der Waals surface area (Å²) in [5.74, 6) is -0.185. The maximum absolute atomic E-state index is 11.9. The zero-order valence-electron chi connectivity index (χ0n) is 13.0. The topological polar surface area (TPSA) is 58.4 Å². The van der Waals surface area contributed by atoms with E-state index in [-0.39, 0.29) is 11.9 Å². The van der Waals surface area contributed by atoms with Gasteiger partial charge in [-0.1, -0.05) is 20.3 Å². The van der Waals surface area contributed by atoms with Crippen molar-refractivity contribution in [3.63, 3.8) is 0 Å². The Morgan fingerprint density at radius 2 is 2.16 bits per heavy atom. The summed E-state index contributed by atoms with van der Waals surface area (Å²) in [4.78, 5) is 14.4. The number of amides is 1. The second kappa shape index (κ2) is 7.25. The molecule has 0 spiro atoms. The number of carbonyl (C=O) groups is 1. The van der Waals surface area contributed by atoms with Crippen LogP contribution in [-0.4, -0.2) is 41.5 Å². The van der Waals surface area contributed by atoms with Crippen LogP contribution in [0.25, 0.3) is 0 Å². The normalized spacial score (nSPS) is 27.4. The molecule has 1 rings (SSSR count). The number of rotatable bonds is 8. The smallest absolute Gasteiger partial charge is 0.237 e. The second-order valence-corrected chi connectivity index (χ2v) is 6.12. The van der Waals surface area contributed by atoms with Gasteiger partial charge >= 0.3 is 0 Å². The molecule has 0 bridgehead atoms. The Morgan fingerprint density at radius 3 is 2.63 bits per heavy atom. The zero-order chi connectivity index (χ0) is 14.5. The Bertz CT molecular complexity index is 293. The van der Waals surface area contributed by atoms with Crippen molar-refractivity contribution in [2.75, 3.05) is 13.1 Å². The molecule has 4 heteroatoms. The third kappa shape index (κ3) is 4.18. The highest BCUT2D eigenvalue weighted by Crippen LogP contribution is 2.33. The average molecular weight is 269 g/mol. The average Bonchev–Trinajstić information content (AvgIpc) is 2.75. The fourth-order valence-corrected chi connectivity index (χ4v) is 3.27. The van der Waals surface area contributed by atoms with E-state index in [1.165, 1.54) is 12.8 Å². The molecule has 2 atom stereocenters. The van der Waals surface area contributed by atoms with E-state index in [1.807, 2.05) is 0 Å². The minimum Gasteiger partial charge on any atom is -0.368 e. The van der Waals surface area contributed by atoms with Crippen molar-refractivity contribution in [3.05, 3.63) is 0 Å². The molecule has 1 fully saturated rings. The maximum atomic E-state index is 11.9. The molecular formula is C15H31N3O. The number of hydrogen-bond acceptors (Lipinski definition) is 3. The van der Waals surface area contributed by atoms with Gasteiger partial charge in [0.15, 0.2) is 0 Å². The van der Waals surface area contributed by atoms with Gasteiger partial charge in [0, 0.05) is 12.1 Å². The van der Waals surface area contributed by atoms with Crippen molar-refractivity contribution >= 4 is 5.91 Å². The molecule has 1 aliphatic rings. The highest BCUT2D eigenvalue weighted by molar-refractivity contribution is 5.85. The summed E-state index contributed by atoms with van der Waals surface area (Å²) < 4.78 is 0. The van der Waals surface area contributed by atoms with Crippen LogP contribution in [0, 0.1) is 0 Å². The molecule has 0 aliphatic heterocycles. The van der Waals surface area contributed by atoms with Gasteiger partial charge in [-0.05, 0) is 52.6 Å². The number of nitrogens with zero attached hydrogens (tertiary/aromatic N) is 1. The van der Waals surface area contributed by atoms with Crippen molar-refractivity contribution in [1.82, 2.24) is 10.2 Å². The van der Waals surface area contributed by atoms with Gasteiger partial charge in [-0.25, -0.2) is 0 Å². The van der Waals surface area contributed by atoms with Crippen LogP contribution in [0.15, 0.2) is 0 Å². The summed E-state index contributed by atoms with van der Waals surface area (Å²) in [6.45, 7) is 10.8. The van der Waals surface area contributed by atoms with Crippen LogP contribution in [0.5, 0.6) is 0 Å². The van der Waals surface area contributed by atoms with Gasteiger partial charge in [0.2, 0.25) is 5.91 Å². The predicted molar refractivity (Wildman–Crippen MR) is 80.0 cm³/mol. The number of nitrogens with one attached hydrogen (secondary N) is 1. The lowest BCUT2D eigenvalue weighted by atomic mass is 9.95. The van der Waals surface area contributed by atoms with E-state index in [1.54, 1.807) is 0 Å². The molecule has 1 amide bonds. The van der Waals surface area contributed by atoms with Gasteiger partial charge in [0.25, 0.3) is 0 Å². The van der Waals surface area contributed by atoms with Crippen molar-refractivity contribution in [2.45, 2.75) is 77.4 Å². The first-order valence-corrected chi connectivity index (χ1v) is 7.76. The summed E-state index contributed by atoms with van der Waals surface area (Å²) in [6, 6.07) is 0.785. The summed E-state index contributed by atoms with van der Waals surface area (Å²) in [6.07, 6.45) is 5.24. The number of hydrogen-bond donors (Lipinski definition) is 2. The maximum Gasteiger partial charge on any atom is 0.237 e. The first-order valence-electron chi connectivity index (χ1n) is 7.76. The fourth-order valence-electron chi connectivity index (χ4n) is 3.27. The van der Waals surface area contributed by atoms with E-state index in [4.69, 9.17) is 5.73 Å². The third-order valence-corrected chi connectivity index (χ3v) is 4.25. The molecule has 2 unspecified atom stereocenters. The Kier molecular flexibility index (Phi) is 6.27. The Morgan fingerprint density at radius 1 is 1.47 bits per heavy atom. The molecule has 0 radical (unpaired) electrons. The molecule has 19 heavy (non-hydrogen) atoms. The van der Waals surface area contributed by atoms with Crippen LogP contribution >= 0.6 is 0 Å². The first-order chi connectivity index (χ1) is 8.95. The van der Waals surface area contributed by atoms with Crippen molar-refractivity contribution in [3.8, 4) is 0 Å². The van der Waals surface area contributed by atoms with Gasteiger partial charge in [-0.2, -0.15) is 0 Å².